The van der Waals surface area contributed by atoms with E-state index in [1.54, 1.807) is 6.92 Å². The fourth-order valence-electron chi connectivity index (χ4n) is 3.40. The molecule has 0 bridgehead atoms. The Hall–Kier alpha value is -3.15. The van der Waals surface area contributed by atoms with Crippen molar-refractivity contribution in [1.29, 1.82) is 0 Å². The van der Waals surface area contributed by atoms with Crippen LogP contribution in [0.25, 0.3) is 11.1 Å². The second kappa shape index (κ2) is 7.23. The van der Waals surface area contributed by atoms with E-state index in [1.165, 1.54) is 0 Å². The molecule has 1 aromatic heterocycles. The summed E-state index contributed by atoms with van der Waals surface area (Å²) < 4.78 is 5.54. The van der Waals surface area contributed by atoms with Gasteiger partial charge in [0, 0.05) is 38.7 Å². The van der Waals surface area contributed by atoms with E-state index < -0.39 is 0 Å². The number of fused-ring (bicyclic) bond motifs is 1. The van der Waals surface area contributed by atoms with Gasteiger partial charge in [-0.15, -0.1) is 0 Å². The summed E-state index contributed by atoms with van der Waals surface area (Å²) in [4.78, 5) is 33.0. The summed E-state index contributed by atoms with van der Waals surface area (Å²) in [5, 5.41) is 0. The molecule has 6 heteroatoms. The number of carbonyl (C=O) groups excluding carboxylic acids is 2. The Balaban J connectivity index is 1.36. The molecule has 2 heterocycles. The van der Waals surface area contributed by atoms with Crippen molar-refractivity contribution in [2.45, 2.75) is 13.3 Å². The van der Waals surface area contributed by atoms with E-state index in [4.69, 9.17) is 4.42 Å². The maximum absolute atomic E-state index is 12.6. The number of aromatic nitrogens is 1. The molecule has 2 amide bonds. The van der Waals surface area contributed by atoms with E-state index in [-0.39, 0.29) is 11.8 Å². The Morgan fingerprint density at radius 3 is 2.44 bits per heavy atom. The summed E-state index contributed by atoms with van der Waals surface area (Å²) in [5.74, 6) is 0.707. The van der Waals surface area contributed by atoms with Crippen LogP contribution in [0.15, 0.2) is 52.9 Å². The van der Waals surface area contributed by atoms with E-state index in [9.17, 15) is 9.59 Å². The van der Waals surface area contributed by atoms with Gasteiger partial charge in [-0.2, -0.15) is 0 Å². The van der Waals surface area contributed by atoms with E-state index in [1.807, 2.05) is 58.3 Å². The molecule has 0 atom stereocenters. The summed E-state index contributed by atoms with van der Waals surface area (Å²) in [6.45, 7) is 4.03. The van der Waals surface area contributed by atoms with Crippen LogP contribution in [0.2, 0.25) is 0 Å². The largest absolute Gasteiger partial charge is 0.441 e. The van der Waals surface area contributed by atoms with Crippen molar-refractivity contribution in [3.05, 3.63) is 65.5 Å². The molecule has 1 saturated heterocycles. The third-order valence-corrected chi connectivity index (χ3v) is 4.86. The minimum absolute atomic E-state index is 0.0221. The number of benzene rings is 2. The van der Waals surface area contributed by atoms with E-state index in [0.717, 1.165) is 11.1 Å². The lowest BCUT2D eigenvalue weighted by atomic mass is 10.1. The molecule has 27 heavy (non-hydrogen) atoms. The Bertz CT molecular complexity index is 973. The van der Waals surface area contributed by atoms with Crippen molar-refractivity contribution in [3.8, 4) is 0 Å². The molecule has 2 aromatic carbocycles. The Morgan fingerprint density at radius 2 is 1.70 bits per heavy atom. The van der Waals surface area contributed by atoms with E-state index in [0.29, 0.717) is 49.6 Å². The zero-order valence-corrected chi connectivity index (χ0v) is 15.2. The van der Waals surface area contributed by atoms with Gasteiger partial charge in [-0.05, 0) is 29.8 Å². The smallest absolute Gasteiger partial charge is 0.253 e. The first-order valence-corrected chi connectivity index (χ1v) is 9.08. The lowest BCUT2D eigenvalue weighted by Gasteiger charge is -2.35. The zero-order chi connectivity index (χ0) is 18.8. The molecule has 4 rings (SSSR count). The van der Waals surface area contributed by atoms with Crippen molar-refractivity contribution < 1.29 is 14.0 Å². The van der Waals surface area contributed by atoms with Gasteiger partial charge in [-0.3, -0.25) is 9.59 Å². The van der Waals surface area contributed by atoms with Gasteiger partial charge in [0.15, 0.2) is 11.5 Å². The van der Waals surface area contributed by atoms with Gasteiger partial charge < -0.3 is 14.2 Å². The summed E-state index contributed by atoms with van der Waals surface area (Å²) in [7, 11) is 0. The molecular formula is C21H21N3O3. The maximum atomic E-state index is 12.6. The van der Waals surface area contributed by atoms with Gasteiger partial charge in [-0.1, -0.05) is 24.3 Å². The van der Waals surface area contributed by atoms with Crippen LogP contribution in [0.5, 0.6) is 0 Å². The van der Waals surface area contributed by atoms with Crippen molar-refractivity contribution in [1.82, 2.24) is 14.8 Å². The summed E-state index contributed by atoms with van der Waals surface area (Å²) in [5.41, 5.74) is 3.10. The first-order valence-electron chi connectivity index (χ1n) is 9.08. The highest BCUT2D eigenvalue weighted by molar-refractivity contribution is 5.94. The first-order chi connectivity index (χ1) is 13.1. The van der Waals surface area contributed by atoms with Crippen LogP contribution >= 0.6 is 0 Å². The van der Waals surface area contributed by atoms with E-state index >= 15 is 0 Å². The average molecular weight is 363 g/mol. The fourth-order valence-corrected chi connectivity index (χ4v) is 3.40. The van der Waals surface area contributed by atoms with Crippen molar-refractivity contribution in [2.75, 3.05) is 26.2 Å². The first kappa shape index (κ1) is 17.3. The lowest BCUT2D eigenvalue weighted by molar-refractivity contribution is -0.131. The average Bonchev–Trinajstić information content (AvgIpc) is 3.07. The molecular weight excluding hydrogens is 342 g/mol. The molecule has 0 spiro atoms. The highest BCUT2D eigenvalue weighted by atomic mass is 16.3. The van der Waals surface area contributed by atoms with Crippen LogP contribution in [0, 0.1) is 6.92 Å². The highest BCUT2D eigenvalue weighted by Gasteiger charge is 2.24. The maximum Gasteiger partial charge on any atom is 0.253 e. The number of hydrogen-bond donors (Lipinski definition) is 0. The number of aryl methyl sites for hydroxylation is 1. The molecule has 0 unspecified atom stereocenters. The molecule has 3 aromatic rings. The van der Waals surface area contributed by atoms with Gasteiger partial charge in [-0.25, -0.2) is 4.98 Å². The molecule has 0 saturated carbocycles. The quantitative estimate of drug-likeness (QED) is 0.718. The topological polar surface area (TPSA) is 66.7 Å². The zero-order valence-electron chi connectivity index (χ0n) is 15.2. The molecule has 1 aliphatic rings. The van der Waals surface area contributed by atoms with E-state index in [2.05, 4.69) is 4.98 Å². The minimum Gasteiger partial charge on any atom is -0.441 e. The van der Waals surface area contributed by atoms with Gasteiger partial charge in [0.2, 0.25) is 5.91 Å². The van der Waals surface area contributed by atoms with Crippen LogP contribution in [0.4, 0.5) is 0 Å². The summed E-state index contributed by atoms with van der Waals surface area (Å²) in [6, 6.07) is 14.9. The third-order valence-electron chi connectivity index (χ3n) is 4.86. The minimum atomic E-state index is 0.0221. The fraction of sp³-hybridized carbons (Fsp3) is 0.286. The van der Waals surface area contributed by atoms with Gasteiger partial charge in [0.05, 0.1) is 6.42 Å². The van der Waals surface area contributed by atoms with Crippen LogP contribution in [0.1, 0.15) is 21.8 Å². The lowest BCUT2D eigenvalue weighted by Crippen LogP contribution is -2.51. The predicted octanol–water partition coefficient (Wildman–Crippen LogP) is 2.66. The Labute approximate surface area is 157 Å². The highest BCUT2D eigenvalue weighted by Crippen LogP contribution is 2.18. The van der Waals surface area contributed by atoms with Crippen molar-refractivity contribution in [2.24, 2.45) is 0 Å². The molecule has 1 fully saturated rings. The number of carbonyl (C=O) groups is 2. The Kier molecular flexibility index (Phi) is 4.62. The second-order valence-electron chi connectivity index (χ2n) is 6.75. The monoisotopic (exact) mass is 363 g/mol. The normalized spacial score (nSPS) is 14.6. The van der Waals surface area contributed by atoms with Crippen LogP contribution in [0.3, 0.4) is 0 Å². The van der Waals surface area contributed by atoms with Crippen LogP contribution < -0.4 is 0 Å². The predicted molar refractivity (Wildman–Crippen MR) is 101 cm³/mol. The van der Waals surface area contributed by atoms with Gasteiger partial charge in [0.1, 0.15) is 5.52 Å². The van der Waals surface area contributed by atoms with Crippen molar-refractivity contribution >= 4 is 22.9 Å². The summed E-state index contributed by atoms with van der Waals surface area (Å²) in [6.07, 6.45) is 0.322. The van der Waals surface area contributed by atoms with Crippen LogP contribution in [-0.2, 0) is 11.2 Å². The summed E-state index contributed by atoms with van der Waals surface area (Å²) >= 11 is 0. The number of oxazole rings is 1. The third kappa shape index (κ3) is 3.69. The molecule has 0 N–H and O–H groups in total. The molecule has 138 valence electrons. The van der Waals surface area contributed by atoms with Crippen LogP contribution in [-0.4, -0.2) is 52.8 Å². The SMILES string of the molecule is Cc1nc2ccc(CC(=O)N3CCN(C(=O)c4ccccc4)CC3)cc2o1. The van der Waals surface area contributed by atoms with Gasteiger partial charge in [0.25, 0.3) is 5.91 Å². The molecule has 6 nitrogen and oxygen atoms in total. The van der Waals surface area contributed by atoms with Crippen molar-refractivity contribution in [3.63, 3.8) is 0 Å². The molecule has 1 aliphatic heterocycles. The number of nitrogens with zero attached hydrogens (tertiary/aromatic N) is 3. The number of piperazine rings is 1. The standard InChI is InChI=1S/C21H21N3O3/c1-15-22-18-8-7-16(13-19(18)27-15)14-20(25)23-9-11-24(12-10-23)21(26)17-5-3-2-4-6-17/h2-8,13H,9-12,14H2,1H3. The Morgan fingerprint density at radius 1 is 1.00 bits per heavy atom. The molecule has 0 aliphatic carbocycles. The number of rotatable bonds is 3. The number of amides is 2. The second-order valence-corrected chi connectivity index (χ2v) is 6.75. The molecule has 0 radical (unpaired) electrons. The van der Waals surface area contributed by atoms with Gasteiger partial charge >= 0.3 is 0 Å². The number of hydrogen-bond acceptors (Lipinski definition) is 4.